The second-order valence-corrected chi connectivity index (χ2v) is 27.3. The van der Waals surface area contributed by atoms with Gasteiger partial charge in [0.15, 0.2) is 0 Å². The standard InChI is InChI=1S/C90H61NO2/c1-87(2)70-38-22-19-35-64(70)83-85(87)84-81(82-67-37-21-24-40-77(67)93-86(82)83)65-46-44-61(50-72(65)88(84,3)4)91(60-42-41-54-25-17-18-26-55(54)49-60)62-43-45-63-68-52-75-69(53-74(68)90(73(63)51-62,58-31-13-7-14-32-58)59-33-15-8-16-34-59)79-71(47-48-78-80(79)66-36-20-23-39-76(66)92-78)89(75,56-27-9-5-10-28-56)57-29-11-6-12-30-57/h5-53H,1-4H3. The molecule has 2 aromatic heterocycles. The molecule has 0 N–H and O–H groups in total. The molecule has 3 heteroatoms. The molecular formula is C90H61NO2. The SMILES string of the molecule is CC1(C)c2ccccc2-c2c1c1c(c3c2oc2ccccc23)-c2ccc(N(c3ccc4c(c3)C(c3ccccc3)(c3ccccc3)c3cc5c(cc3-4)C(c3ccccc3)(c3ccccc3)c3ccc4oc6ccccc6c4c3-5)c3ccc4ccccc4c3)cc2C1(C)C. The third-order valence-corrected chi connectivity index (χ3v) is 22.1. The first kappa shape index (κ1) is 52.5. The van der Waals surface area contributed by atoms with Gasteiger partial charge in [-0.25, -0.2) is 0 Å². The molecule has 4 aliphatic rings. The molecule has 0 atom stereocenters. The fourth-order valence-electron chi connectivity index (χ4n) is 18.3. The molecule has 0 radical (unpaired) electrons. The van der Waals surface area contributed by atoms with Crippen LogP contribution in [0.3, 0.4) is 0 Å². The molecule has 0 unspecified atom stereocenters. The molecule has 0 saturated heterocycles. The van der Waals surface area contributed by atoms with Crippen molar-refractivity contribution in [2.75, 3.05) is 4.90 Å². The van der Waals surface area contributed by atoms with Crippen molar-refractivity contribution in [3.05, 3.63) is 364 Å². The fraction of sp³-hybridized carbons (Fsp3) is 0.0889. The highest BCUT2D eigenvalue weighted by Gasteiger charge is 2.53. The number of hydrogen-bond acceptors (Lipinski definition) is 3. The lowest BCUT2D eigenvalue weighted by Crippen LogP contribution is -2.30. The van der Waals surface area contributed by atoms with Crippen molar-refractivity contribution in [1.82, 2.24) is 0 Å². The fourth-order valence-corrected chi connectivity index (χ4v) is 18.3. The van der Waals surface area contributed by atoms with Crippen LogP contribution in [-0.4, -0.2) is 0 Å². The third kappa shape index (κ3) is 6.73. The molecule has 4 aliphatic carbocycles. The lowest BCUT2D eigenvalue weighted by molar-refractivity contribution is 0.600. The minimum absolute atomic E-state index is 0.275. The maximum atomic E-state index is 7.11. The summed E-state index contributed by atoms with van der Waals surface area (Å²) < 4.78 is 14.0. The summed E-state index contributed by atoms with van der Waals surface area (Å²) in [5.41, 5.74) is 30.1. The molecular weight excluding hydrogens is 1130 g/mol. The van der Waals surface area contributed by atoms with E-state index in [-0.39, 0.29) is 5.41 Å². The van der Waals surface area contributed by atoms with Gasteiger partial charge in [-0.3, -0.25) is 0 Å². The van der Waals surface area contributed by atoms with E-state index in [0.717, 1.165) is 55.6 Å². The topological polar surface area (TPSA) is 29.5 Å². The number of nitrogens with zero attached hydrogens (tertiary/aromatic N) is 1. The Morgan fingerprint density at radius 3 is 1.40 bits per heavy atom. The zero-order valence-corrected chi connectivity index (χ0v) is 52.1. The van der Waals surface area contributed by atoms with Gasteiger partial charge in [-0.2, -0.15) is 0 Å². The van der Waals surface area contributed by atoms with Gasteiger partial charge in [-0.05, 0) is 183 Å². The molecule has 438 valence electrons. The van der Waals surface area contributed by atoms with Gasteiger partial charge in [0.2, 0.25) is 0 Å². The summed E-state index contributed by atoms with van der Waals surface area (Å²) in [5.74, 6) is 0. The monoisotopic (exact) mass is 1190 g/mol. The lowest BCUT2D eigenvalue weighted by atomic mass is 9.66. The first-order valence-electron chi connectivity index (χ1n) is 32.7. The van der Waals surface area contributed by atoms with Crippen LogP contribution in [0, 0.1) is 0 Å². The Labute approximate surface area is 540 Å². The molecule has 0 fully saturated rings. The van der Waals surface area contributed by atoms with E-state index in [4.69, 9.17) is 8.83 Å². The zero-order valence-electron chi connectivity index (χ0n) is 52.1. The second-order valence-electron chi connectivity index (χ2n) is 27.3. The Hall–Kier alpha value is -11.3. The van der Waals surface area contributed by atoms with Crippen LogP contribution in [0.4, 0.5) is 17.1 Å². The number of para-hydroxylation sites is 2. The van der Waals surface area contributed by atoms with Gasteiger partial charge < -0.3 is 13.7 Å². The van der Waals surface area contributed by atoms with Crippen LogP contribution in [0.1, 0.15) is 94.5 Å². The van der Waals surface area contributed by atoms with Crippen LogP contribution in [0.5, 0.6) is 0 Å². The van der Waals surface area contributed by atoms with E-state index < -0.39 is 16.2 Å². The maximum Gasteiger partial charge on any atom is 0.144 e. The van der Waals surface area contributed by atoms with Crippen LogP contribution in [0.25, 0.3) is 99.2 Å². The number of anilines is 3. The normalized spacial score (nSPS) is 15.2. The molecule has 0 bridgehead atoms. The molecule has 0 spiro atoms. The average Bonchev–Trinajstić information content (AvgIpc) is 1.51. The summed E-state index contributed by atoms with van der Waals surface area (Å²) in [6.45, 7) is 9.78. The minimum atomic E-state index is -0.768. The second kappa shape index (κ2) is 18.7. The summed E-state index contributed by atoms with van der Waals surface area (Å²) in [4.78, 5) is 2.54. The van der Waals surface area contributed by atoms with E-state index in [9.17, 15) is 0 Å². The quantitative estimate of drug-likeness (QED) is 0.159. The van der Waals surface area contributed by atoms with Crippen LogP contribution < -0.4 is 4.90 Å². The highest BCUT2D eigenvalue weighted by atomic mass is 16.3. The number of hydrogen-bond donors (Lipinski definition) is 0. The van der Waals surface area contributed by atoms with Gasteiger partial charge in [0.1, 0.15) is 22.3 Å². The Bertz CT molecular complexity index is 5790. The first-order chi connectivity index (χ1) is 45.6. The third-order valence-electron chi connectivity index (χ3n) is 22.1. The number of rotatable bonds is 7. The highest BCUT2D eigenvalue weighted by molar-refractivity contribution is 6.21. The molecule has 3 nitrogen and oxygen atoms in total. The number of fused-ring (bicyclic) bond motifs is 23. The van der Waals surface area contributed by atoms with Crippen LogP contribution in [-0.2, 0) is 21.7 Å². The molecule has 20 rings (SSSR count). The highest BCUT2D eigenvalue weighted by Crippen LogP contribution is 2.67. The largest absolute Gasteiger partial charge is 0.456 e. The first-order valence-corrected chi connectivity index (χ1v) is 32.7. The molecule has 14 aromatic carbocycles. The van der Waals surface area contributed by atoms with E-state index in [2.05, 4.69) is 330 Å². The van der Waals surface area contributed by atoms with Gasteiger partial charge in [0, 0.05) is 55.0 Å². The van der Waals surface area contributed by atoms with Gasteiger partial charge in [-0.1, -0.05) is 258 Å². The number of furan rings is 2. The predicted octanol–water partition coefficient (Wildman–Crippen LogP) is 23.4. The zero-order chi connectivity index (χ0) is 61.7. The van der Waals surface area contributed by atoms with Crippen molar-refractivity contribution in [2.45, 2.75) is 49.4 Å². The average molecular weight is 1190 g/mol. The van der Waals surface area contributed by atoms with Gasteiger partial charge >= 0.3 is 0 Å². The predicted molar refractivity (Wildman–Crippen MR) is 383 cm³/mol. The van der Waals surface area contributed by atoms with Gasteiger partial charge in [0.05, 0.1) is 10.8 Å². The van der Waals surface area contributed by atoms with Crippen molar-refractivity contribution < 1.29 is 8.83 Å². The molecule has 2 heterocycles. The lowest BCUT2D eigenvalue weighted by Gasteiger charge is -2.36. The Morgan fingerprint density at radius 2 is 0.731 bits per heavy atom. The molecule has 0 amide bonds. The number of benzene rings is 14. The molecule has 93 heavy (non-hydrogen) atoms. The van der Waals surface area contributed by atoms with E-state index >= 15 is 0 Å². The van der Waals surface area contributed by atoms with Crippen molar-refractivity contribution in [3.63, 3.8) is 0 Å². The van der Waals surface area contributed by atoms with Crippen LogP contribution in [0.15, 0.2) is 306 Å². The summed E-state index contributed by atoms with van der Waals surface area (Å²) in [6, 6.07) is 112. The van der Waals surface area contributed by atoms with Crippen LogP contribution in [0.2, 0.25) is 0 Å². The van der Waals surface area contributed by atoms with Crippen molar-refractivity contribution in [1.29, 1.82) is 0 Å². The Balaban J connectivity index is 0.867. The van der Waals surface area contributed by atoms with Crippen LogP contribution >= 0.6 is 0 Å². The van der Waals surface area contributed by atoms with Crippen molar-refractivity contribution in [3.8, 4) is 44.5 Å². The molecule has 0 aliphatic heterocycles. The van der Waals surface area contributed by atoms with E-state index in [1.807, 2.05) is 0 Å². The summed E-state index contributed by atoms with van der Waals surface area (Å²) in [7, 11) is 0. The molecule has 16 aromatic rings. The van der Waals surface area contributed by atoms with Gasteiger partial charge in [0.25, 0.3) is 0 Å². The van der Waals surface area contributed by atoms with Crippen molar-refractivity contribution >= 4 is 71.7 Å². The summed E-state index contributed by atoms with van der Waals surface area (Å²) in [6.07, 6.45) is 0. The van der Waals surface area contributed by atoms with E-state index in [0.29, 0.717) is 0 Å². The van der Waals surface area contributed by atoms with E-state index in [1.54, 1.807) is 0 Å². The Kier molecular flexibility index (Phi) is 10.6. The summed E-state index contributed by atoms with van der Waals surface area (Å²) in [5, 5.41) is 7.01. The minimum Gasteiger partial charge on any atom is -0.456 e. The molecule has 0 saturated carbocycles. The van der Waals surface area contributed by atoms with Gasteiger partial charge in [-0.15, -0.1) is 0 Å². The smallest absolute Gasteiger partial charge is 0.144 e. The summed E-state index contributed by atoms with van der Waals surface area (Å²) >= 11 is 0. The maximum absolute atomic E-state index is 7.11. The van der Waals surface area contributed by atoms with E-state index in [1.165, 1.54) is 127 Å². The Morgan fingerprint density at radius 1 is 0.269 bits per heavy atom. The van der Waals surface area contributed by atoms with Crippen molar-refractivity contribution in [2.24, 2.45) is 0 Å².